The number of aliphatic hydroxyl groups is 1. The molecule has 0 aliphatic carbocycles. The second-order valence-corrected chi connectivity index (χ2v) is 5.38. The lowest BCUT2D eigenvalue weighted by atomic mass is 10.3. The SMILES string of the molecule is COc1ccccc1OCC(=O)NCN1CCN(CCO)CC1. The van der Waals surface area contributed by atoms with Crippen LogP contribution >= 0.6 is 0 Å². The molecule has 7 heteroatoms. The Morgan fingerprint density at radius 1 is 1.17 bits per heavy atom. The highest BCUT2D eigenvalue weighted by Crippen LogP contribution is 2.25. The normalized spacial score (nSPS) is 16.1. The van der Waals surface area contributed by atoms with Crippen LogP contribution in [0.3, 0.4) is 0 Å². The molecule has 0 aromatic heterocycles. The van der Waals surface area contributed by atoms with Crippen LogP contribution in [0.2, 0.25) is 0 Å². The minimum atomic E-state index is -0.159. The minimum absolute atomic E-state index is 0.0369. The monoisotopic (exact) mass is 323 g/mol. The number of methoxy groups -OCH3 is 1. The van der Waals surface area contributed by atoms with E-state index in [-0.39, 0.29) is 19.1 Å². The molecule has 128 valence electrons. The highest BCUT2D eigenvalue weighted by molar-refractivity contribution is 5.77. The molecular formula is C16H25N3O4. The summed E-state index contributed by atoms with van der Waals surface area (Å²) < 4.78 is 10.7. The van der Waals surface area contributed by atoms with Crippen LogP contribution in [0, 0.1) is 0 Å². The van der Waals surface area contributed by atoms with Gasteiger partial charge in [0.1, 0.15) is 0 Å². The summed E-state index contributed by atoms with van der Waals surface area (Å²) in [4.78, 5) is 16.3. The fourth-order valence-corrected chi connectivity index (χ4v) is 2.44. The fourth-order valence-electron chi connectivity index (χ4n) is 2.44. The number of benzene rings is 1. The predicted molar refractivity (Wildman–Crippen MR) is 86.6 cm³/mol. The third-order valence-corrected chi connectivity index (χ3v) is 3.81. The maximum atomic E-state index is 11.9. The number of nitrogens with one attached hydrogen (secondary N) is 1. The first-order valence-corrected chi connectivity index (χ1v) is 7.81. The molecule has 1 aliphatic heterocycles. The number of carbonyl (C=O) groups excluding carboxylic acids is 1. The predicted octanol–water partition coefficient (Wildman–Crippen LogP) is -0.242. The number of hydrogen-bond donors (Lipinski definition) is 2. The first-order chi connectivity index (χ1) is 11.2. The number of piperazine rings is 1. The number of amides is 1. The molecule has 23 heavy (non-hydrogen) atoms. The van der Waals surface area contributed by atoms with E-state index in [2.05, 4.69) is 15.1 Å². The molecule has 0 bridgehead atoms. The van der Waals surface area contributed by atoms with Gasteiger partial charge < -0.3 is 19.9 Å². The summed E-state index contributed by atoms with van der Waals surface area (Å²) in [5.74, 6) is 1.01. The van der Waals surface area contributed by atoms with Crippen molar-refractivity contribution in [3.63, 3.8) is 0 Å². The van der Waals surface area contributed by atoms with Gasteiger partial charge in [0.2, 0.25) is 0 Å². The lowest BCUT2D eigenvalue weighted by Crippen LogP contribution is -2.50. The van der Waals surface area contributed by atoms with Crippen molar-refractivity contribution in [3.8, 4) is 11.5 Å². The zero-order valence-electron chi connectivity index (χ0n) is 13.5. The molecule has 0 atom stereocenters. The van der Waals surface area contributed by atoms with Crippen LogP contribution in [0.4, 0.5) is 0 Å². The van der Waals surface area contributed by atoms with Crippen molar-refractivity contribution in [2.45, 2.75) is 0 Å². The Kier molecular flexibility index (Phi) is 7.12. The summed E-state index contributed by atoms with van der Waals surface area (Å²) in [5.41, 5.74) is 0. The maximum absolute atomic E-state index is 11.9. The molecule has 0 radical (unpaired) electrons. The molecule has 2 rings (SSSR count). The Labute approximate surface area is 136 Å². The van der Waals surface area contributed by atoms with E-state index >= 15 is 0 Å². The number of rotatable bonds is 8. The first kappa shape index (κ1) is 17.5. The number of aliphatic hydroxyl groups excluding tert-OH is 1. The van der Waals surface area contributed by atoms with Crippen LogP contribution < -0.4 is 14.8 Å². The molecular weight excluding hydrogens is 298 g/mol. The number of hydrogen-bond acceptors (Lipinski definition) is 6. The average Bonchev–Trinajstić information content (AvgIpc) is 2.60. The largest absolute Gasteiger partial charge is 0.493 e. The molecule has 0 saturated carbocycles. The zero-order chi connectivity index (χ0) is 16.5. The molecule has 1 amide bonds. The number of carbonyl (C=O) groups is 1. The van der Waals surface area contributed by atoms with Gasteiger partial charge in [-0.05, 0) is 12.1 Å². The molecule has 0 spiro atoms. The topological polar surface area (TPSA) is 74.3 Å². The van der Waals surface area contributed by atoms with Gasteiger partial charge in [-0.25, -0.2) is 0 Å². The van der Waals surface area contributed by atoms with E-state index in [0.29, 0.717) is 24.7 Å². The van der Waals surface area contributed by atoms with E-state index in [1.165, 1.54) is 0 Å². The van der Waals surface area contributed by atoms with Crippen LogP contribution in [0.25, 0.3) is 0 Å². The Morgan fingerprint density at radius 3 is 2.48 bits per heavy atom. The van der Waals surface area contributed by atoms with Crippen LogP contribution in [0.1, 0.15) is 0 Å². The average molecular weight is 323 g/mol. The molecule has 1 aromatic carbocycles. The van der Waals surface area contributed by atoms with Gasteiger partial charge in [0.25, 0.3) is 5.91 Å². The van der Waals surface area contributed by atoms with E-state index in [1.54, 1.807) is 19.2 Å². The third kappa shape index (κ3) is 5.70. The van der Waals surface area contributed by atoms with Gasteiger partial charge in [-0.15, -0.1) is 0 Å². The van der Waals surface area contributed by atoms with Gasteiger partial charge in [-0.2, -0.15) is 0 Å². The van der Waals surface area contributed by atoms with Crippen molar-refractivity contribution in [1.29, 1.82) is 0 Å². The molecule has 1 saturated heterocycles. The van der Waals surface area contributed by atoms with Crippen molar-refractivity contribution < 1.29 is 19.4 Å². The van der Waals surface area contributed by atoms with Crippen LogP contribution in [0.5, 0.6) is 11.5 Å². The highest BCUT2D eigenvalue weighted by Gasteiger charge is 2.16. The molecule has 0 unspecified atom stereocenters. The smallest absolute Gasteiger partial charge is 0.258 e. The van der Waals surface area contributed by atoms with Gasteiger partial charge >= 0.3 is 0 Å². The Hall–Kier alpha value is -1.83. The molecule has 1 heterocycles. The van der Waals surface area contributed by atoms with Gasteiger partial charge in [0.05, 0.1) is 20.4 Å². The van der Waals surface area contributed by atoms with Crippen LogP contribution in [-0.2, 0) is 4.79 Å². The maximum Gasteiger partial charge on any atom is 0.258 e. The fraction of sp³-hybridized carbons (Fsp3) is 0.562. The van der Waals surface area contributed by atoms with Crippen molar-refractivity contribution in [2.24, 2.45) is 0 Å². The van der Waals surface area contributed by atoms with Gasteiger partial charge in [-0.1, -0.05) is 12.1 Å². The lowest BCUT2D eigenvalue weighted by molar-refractivity contribution is -0.123. The number of ether oxygens (including phenoxy) is 2. The minimum Gasteiger partial charge on any atom is -0.493 e. The van der Waals surface area contributed by atoms with E-state index < -0.39 is 0 Å². The molecule has 1 aliphatic rings. The van der Waals surface area contributed by atoms with Gasteiger partial charge in [-0.3, -0.25) is 14.6 Å². The van der Waals surface area contributed by atoms with E-state index in [4.69, 9.17) is 14.6 Å². The second-order valence-electron chi connectivity index (χ2n) is 5.38. The Bertz CT molecular complexity index is 490. The summed E-state index contributed by atoms with van der Waals surface area (Å²) in [6, 6.07) is 7.25. The standard InChI is InChI=1S/C16H25N3O4/c1-22-14-4-2-3-5-15(14)23-12-16(21)17-13-19-8-6-18(7-9-19)10-11-20/h2-5,20H,6-13H2,1H3,(H,17,21). The lowest BCUT2D eigenvalue weighted by Gasteiger charge is -2.34. The van der Waals surface area contributed by atoms with Crippen LogP contribution in [-0.4, -0.2) is 80.5 Å². The van der Waals surface area contributed by atoms with Crippen LogP contribution in [0.15, 0.2) is 24.3 Å². The Morgan fingerprint density at radius 2 is 1.83 bits per heavy atom. The molecule has 2 N–H and O–H groups in total. The van der Waals surface area contributed by atoms with E-state index in [1.807, 2.05) is 12.1 Å². The number of β-amino-alcohol motifs (C(OH)–C–C–N with tert-alkyl or cyclic N) is 1. The Balaban J connectivity index is 1.66. The van der Waals surface area contributed by atoms with E-state index in [9.17, 15) is 4.79 Å². The quantitative estimate of drug-likeness (QED) is 0.688. The summed E-state index contributed by atoms with van der Waals surface area (Å²) in [6.45, 7) is 4.97. The van der Waals surface area contributed by atoms with Crippen molar-refractivity contribution >= 4 is 5.91 Å². The zero-order valence-corrected chi connectivity index (χ0v) is 13.5. The summed E-state index contributed by atoms with van der Waals surface area (Å²) in [7, 11) is 1.57. The highest BCUT2D eigenvalue weighted by atomic mass is 16.5. The number of para-hydroxylation sites is 2. The van der Waals surface area contributed by atoms with Crippen molar-refractivity contribution in [1.82, 2.24) is 15.1 Å². The summed E-state index contributed by atoms with van der Waals surface area (Å²) in [5, 5.41) is 11.8. The second kappa shape index (κ2) is 9.34. The van der Waals surface area contributed by atoms with E-state index in [0.717, 1.165) is 26.2 Å². The molecule has 7 nitrogen and oxygen atoms in total. The first-order valence-electron chi connectivity index (χ1n) is 7.81. The van der Waals surface area contributed by atoms with Crippen molar-refractivity contribution in [3.05, 3.63) is 24.3 Å². The molecule has 1 aromatic rings. The number of nitrogens with zero attached hydrogens (tertiary/aromatic N) is 2. The molecule has 1 fully saturated rings. The van der Waals surface area contributed by atoms with Crippen molar-refractivity contribution in [2.75, 3.05) is 59.7 Å². The summed E-state index contributed by atoms with van der Waals surface area (Å²) in [6.07, 6.45) is 0. The van der Waals surface area contributed by atoms with Gasteiger partial charge in [0.15, 0.2) is 18.1 Å². The third-order valence-electron chi connectivity index (χ3n) is 3.81. The summed E-state index contributed by atoms with van der Waals surface area (Å²) >= 11 is 0. The van der Waals surface area contributed by atoms with Gasteiger partial charge in [0, 0.05) is 32.7 Å².